The zero-order valence-electron chi connectivity index (χ0n) is 10.7. The molecule has 0 aromatic heterocycles. The number of aromatic carboxylic acids is 1. The zero-order valence-corrected chi connectivity index (χ0v) is 11.5. The smallest absolute Gasteiger partial charge is 0.224 e. The first kappa shape index (κ1) is 14.5. The lowest BCUT2D eigenvalue weighted by molar-refractivity contribution is -0.255. The molecule has 7 heteroatoms. The summed E-state index contributed by atoms with van der Waals surface area (Å²) in [5.74, 6) is -1.63. The van der Waals surface area contributed by atoms with Crippen molar-refractivity contribution in [2.75, 3.05) is 16.8 Å². The fourth-order valence-corrected chi connectivity index (χ4v) is 4.09. The van der Waals surface area contributed by atoms with Crippen LogP contribution in [-0.2, 0) is 14.6 Å². The van der Waals surface area contributed by atoms with Crippen molar-refractivity contribution >= 4 is 27.4 Å². The Morgan fingerprint density at radius 2 is 2.10 bits per heavy atom. The molecule has 108 valence electrons. The molecule has 1 fully saturated rings. The van der Waals surface area contributed by atoms with Crippen molar-refractivity contribution in [2.45, 2.75) is 12.8 Å². The summed E-state index contributed by atoms with van der Waals surface area (Å²) in [5, 5.41) is 13.3. The molecule has 1 aliphatic heterocycles. The number of sulfone groups is 1. The number of carbonyl (C=O) groups excluding carboxylic acids is 2. The minimum absolute atomic E-state index is 0.0220. The molecule has 1 N–H and O–H groups in total. The summed E-state index contributed by atoms with van der Waals surface area (Å²) in [6.45, 7) is 0. The topological polar surface area (TPSA) is 103 Å². The van der Waals surface area contributed by atoms with Gasteiger partial charge >= 0.3 is 0 Å². The molecule has 0 saturated carbocycles. The van der Waals surface area contributed by atoms with Crippen molar-refractivity contribution in [3.63, 3.8) is 0 Å². The van der Waals surface area contributed by atoms with Crippen LogP contribution in [0.2, 0.25) is 0 Å². The fraction of sp³-hybridized carbons (Fsp3) is 0.385. The summed E-state index contributed by atoms with van der Waals surface area (Å²) in [4.78, 5) is 22.5. The number of carboxylic acids is 1. The summed E-state index contributed by atoms with van der Waals surface area (Å²) in [7, 11) is -3.00. The lowest BCUT2D eigenvalue weighted by atomic mass is 10.0. The maximum absolute atomic E-state index is 11.8. The summed E-state index contributed by atoms with van der Waals surface area (Å²) >= 11 is 0. The van der Waals surface area contributed by atoms with E-state index in [0.29, 0.717) is 12.1 Å². The number of carboxylic acid groups (broad SMARTS) is 1. The van der Waals surface area contributed by atoms with Crippen LogP contribution in [0.25, 0.3) is 0 Å². The maximum atomic E-state index is 11.8. The molecule has 0 unspecified atom stereocenters. The van der Waals surface area contributed by atoms with Gasteiger partial charge in [-0.15, -0.1) is 0 Å². The Balaban J connectivity index is 1.95. The van der Waals surface area contributed by atoms with Gasteiger partial charge in [-0.25, -0.2) is 8.42 Å². The highest BCUT2D eigenvalue weighted by Crippen LogP contribution is 2.22. The average Bonchev–Trinajstić information content (AvgIpc) is 2.68. The Labute approximate surface area is 116 Å². The highest BCUT2D eigenvalue weighted by atomic mass is 32.2. The van der Waals surface area contributed by atoms with E-state index >= 15 is 0 Å². The van der Waals surface area contributed by atoms with Gasteiger partial charge in [-0.3, -0.25) is 4.79 Å². The van der Waals surface area contributed by atoms with E-state index in [1.807, 2.05) is 0 Å². The number of hydrogen-bond donors (Lipinski definition) is 1. The van der Waals surface area contributed by atoms with Gasteiger partial charge in [-0.1, -0.05) is 12.1 Å². The number of anilines is 1. The van der Waals surface area contributed by atoms with E-state index in [2.05, 4.69) is 5.32 Å². The lowest BCUT2D eigenvalue weighted by Gasteiger charge is -2.10. The van der Waals surface area contributed by atoms with Crippen LogP contribution in [0, 0.1) is 5.92 Å². The van der Waals surface area contributed by atoms with E-state index in [4.69, 9.17) is 0 Å². The third-order valence-corrected chi connectivity index (χ3v) is 5.02. The average molecular weight is 296 g/mol. The van der Waals surface area contributed by atoms with Crippen LogP contribution in [0.1, 0.15) is 23.2 Å². The molecule has 6 nitrogen and oxygen atoms in total. The second-order valence-electron chi connectivity index (χ2n) is 4.89. The highest BCUT2D eigenvalue weighted by Gasteiger charge is 2.29. The fourth-order valence-electron chi connectivity index (χ4n) is 2.23. The minimum atomic E-state index is -3.00. The summed E-state index contributed by atoms with van der Waals surface area (Å²) in [5.41, 5.74) is 0.337. The molecule has 1 aromatic rings. The van der Waals surface area contributed by atoms with Crippen LogP contribution >= 0.6 is 0 Å². The van der Waals surface area contributed by atoms with Gasteiger partial charge in [-0.05, 0) is 30.0 Å². The predicted molar refractivity (Wildman–Crippen MR) is 70.8 cm³/mol. The third kappa shape index (κ3) is 3.80. The van der Waals surface area contributed by atoms with E-state index in [0.717, 1.165) is 0 Å². The minimum Gasteiger partial charge on any atom is -0.545 e. The van der Waals surface area contributed by atoms with Gasteiger partial charge < -0.3 is 15.2 Å². The Hall–Kier alpha value is -1.89. The SMILES string of the molecule is O=C(C[C@H]1CCS(=O)(=O)C1)Nc1cccc(C(=O)[O-])c1. The largest absolute Gasteiger partial charge is 0.545 e. The predicted octanol–water partition coefficient (Wildman–Crippen LogP) is -0.187. The second-order valence-corrected chi connectivity index (χ2v) is 7.12. The molecule has 1 amide bonds. The molecule has 1 saturated heterocycles. The first-order valence-corrected chi connectivity index (χ1v) is 7.99. The lowest BCUT2D eigenvalue weighted by Crippen LogP contribution is -2.22. The van der Waals surface area contributed by atoms with Crippen LogP contribution in [0.3, 0.4) is 0 Å². The molecule has 0 aliphatic carbocycles. The Morgan fingerprint density at radius 1 is 1.35 bits per heavy atom. The van der Waals surface area contributed by atoms with Gasteiger partial charge in [0.05, 0.1) is 17.5 Å². The second kappa shape index (κ2) is 5.62. The number of nitrogens with one attached hydrogen (secondary N) is 1. The van der Waals surface area contributed by atoms with Gasteiger partial charge in [0, 0.05) is 12.1 Å². The van der Waals surface area contributed by atoms with E-state index in [1.165, 1.54) is 18.2 Å². The van der Waals surface area contributed by atoms with Crippen LogP contribution in [0.15, 0.2) is 24.3 Å². The Bertz CT molecular complexity index is 638. The van der Waals surface area contributed by atoms with Crippen molar-refractivity contribution in [3.05, 3.63) is 29.8 Å². The molecule has 2 rings (SSSR count). The van der Waals surface area contributed by atoms with Gasteiger partial charge in [0.1, 0.15) is 0 Å². The van der Waals surface area contributed by atoms with Crippen molar-refractivity contribution in [1.82, 2.24) is 0 Å². The number of rotatable bonds is 4. The Kier molecular flexibility index (Phi) is 4.08. The number of benzene rings is 1. The molecule has 0 bridgehead atoms. The first-order chi connectivity index (χ1) is 9.35. The molecule has 1 atom stereocenters. The molecule has 0 radical (unpaired) electrons. The van der Waals surface area contributed by atoms with Crippen LogP contribution < -0.4 is 10.4 Å². The molecule has 1 aliphatic rings. The van der Waals surface area contributed by atoms with Crippen LogP contribution in [0.5, 0.6) is 0 Å². The summed E-state index contributed by atoms with van der Waals surface area (Å²) < 4.78 is 22.6. The monoisotopic (exact) mass is 296 g/mol. The van der Waals surface area contributed by atoms with Crippen LogP contribution in [-0.4, -0.2) is 31.8 Å². The van der Waals surface area contributed by atoms with Crippen molar-refractivity contribution in [2.24, 2.45) is 5.92 Å². The van der Waals surface area contributed by atoms with E-state index in [9.17, 15) is 23.1 Å². The van der Waals surface area contributed by atoms with E-state index < -0.39 is 15.8 Å². The standard InChI is InChI=1S/C13H15NO5S/c15-12(6-9-4-5-20(18,19)8-9)14-11-3-1-2-10(7-11)13(16)17/h1-3,7,9H,4-6,8H2,(H,14,15)(H,16,17)/p-1/t9-/m1/s1. The van der Waals surface area contributed by atoms with Gasteiger partial charge in [0.15, 0.2) is 9.84 Å². The van der Waals surface area contributed by atoms with E-state index in [-0.39, 0.29) is 35.3 Å². The maximum Gasteiger partial charge on any atom is 0.224 e. The number of hydrogen-bond acceptors (Lipinski definition) is 5. The van der Waals surface area contributed by atoms with Gasteiger partial charge in [0.2, 0.25) is 5.91 Å². The Morgan fingerprint density at radius 3 is 2.70 bits per heavy atom. The van der Waals surface area contributed by atoms with E-state index in [1.54, 1.807) is 6.07 Å². The van der Waals surface area contributed by atoms with Gasteiger partial charge in [0.25, 0.3) is 0 Å². The first-order valence-electron chi connectivity index (χ1n) is 6.17. The molecular formula is C13H14NO5S-. The van der Waals surface area contributed by atoms with Crippen molar-refractivity contribution < 1.29 is 23.1 Å². The summed E-state index contributed by atoms with van der Waals surface area (Å²) in [6, 6.07) is 5.74. The quantitative estimate of drug-likeness (QED) is 0.829. The zero-order chi connectivity index (χ0) is 14.8. The number of carbonyl (C=O) groups is 2. The molecule has 20 heavy (non-hydrogen) atoms. The molecule has 1 aromatic carbocycles. The van der Waals surface area contributed by atoms with Crippen molar-refractivity contribution in [1.29, 1.82) is 0 Å². The normalized spacial score (nSPS) is 20.5. The molecule has 1 heterocycles. The highest BCUT2D eigenvalue weighted by molar-refractivity contribution is 7.91. The molecule has 0 spiro atoms. The summed E-state index contributed by atoms with van der Waals surface area (Å²) in [6.07, 6.45) is 0.615. The third-order valence-electron chi connectivity index (χ3n) is 3.18. The van der Waals surface area contributed by atoms with Gasteiger partial charge in [-0.2, -0.15) is 0 Å². The van der Waals surface area contributed by atoms with Crippen molar-refractivity contribution in [3.8, 4) is 0 Å². The number of amides is 1. The van der Waals surface area contributed by atoms with Crippen LogP contribution in [0.4, 0.5) is 5.69 Å². The molecular weight excluding hydrogens is 282 g/mol.